The molecule has 1 fully saturated rings. The highest BCUT2D eigenvalue weighted by Crippen LogP contribution is 2.39. The number of thiocarbonyl (C=S) groups is 1. The molecule has 0 saturated carbocycles. The number of nitrogens with one attached hydrogen (secondary N) is 2. The van der Waals surface area contributed by atoms with Gasteiger partial charge in [-0.2, -0.15) is 0 Å². The molecule has 7 nitrogen and oxygen atoms in total. The Bertz CT molecular complexity index is 1390. The normalized spacial score (nSPS) is 16.9. The highest BCUT2D eigenvalue weighted by atomic mass is 32.1. The van der Waals surface area contributed by atoms with Gasteiger partial charge in [-0.25, -0.2) is 0 Å². The molecular weight excluding hydrogens is 482 g/mol. The van der Waals surface area contributed by atoms with Crippen LogP contribution < -0.4 is 15.4 Å². The van der Waals surface area contributed by atoms with E-state index in [1.54, 1.807) is 13.3 Å². The average molecular weight is 512 g/mol. The molecule has 1 saturated heterocycles. The van der Waals surface area contributed by atoms with Crippen LogP contribution in [0.25, 0.3) is 5.69 Å². The maximum atomic E-state index is 12.9. The molecule has 37 heavy (non-hydrogen) atoms. The second kappa shape index (κ2) is 10.8. The smallest absolute Gasteiger partial charge is 0.226 e. The predicted octanol–water partition coefficient (Wildman–Crippen LogP) is 5.19. The summed E-state index contributed by atoms with van der Waals surface area (Å²) < 4.78 is 7.48. The van der Waals surface area contributed by atoms with E-state index in [1.165, 1.54) is 0 Å². The van der Waals surface area contributed by atoms with Crippen molar-refractivity contribution in [3.8, 4) is 11.4 Å². The fraction of sp³-hybridized carbons (Fsp3) is 0.207. The minimum atomic E-state index is -0.167. The van der Waals surface area contributed by atoms with Crippen LogP contribution in [0, 0.1) is 6.92 Å². The van der Waals surface area contributed by atoms with Crippen molar-refractivity contribution in [3.05, 3.63) is 108 Å². The van der Waals surface area contributed by atoms with Gasteiger partial charge in [0.25, 0.3) is 0 Å². The molecule has 2 aromatic heterocycles. The first-order chi connectivity index (χ1) is 18.0. The third kappa shape index (κ3) is 5.20. The van der Waals surface area contributed by atoms with Crippen LogP contribution in [-0.4, -0.2) is 39.1 Å². The first kappa shape index (κ1) is 24.5. The number of carbonyl (C=O) groups is 1. The lowest BCUT2D eigenvalue weighted by atomic mass is 10.0. The van der Waals surface area contributed by atoms with Gasteiger partial charge in [0.1, 0.15) is 5.75 Å². The molecule has 5 rings (SSSR count). The van der Waals surface area contributed by atoms with Crippen molar-refractivity contribution in [3.63, 3.8) is 0 Å². The maximum Gasteiger partial charge on any atom is 0.226 e. The first-order valence-corrected chi connectivity index (χ1v) is 12.6. The summed E-state index contributed by atoms with van der Waals surface area (Å²) in [7, 11) is 1.66. The van der Waals surface area contributed by atoms with E-state index in [1.807, 2.05) is 85.9 Å². The van der Waals surface area contributed by atoms with Crippen LogP contribution in [0.5, 0.6) is 5.75 Å². The summed E-state index contributed by atoms with van der Waals surface area (Å²) in [5.41, 5.74) is 4.80. The SMILES string of the molecule is COc1ccc(-n2cccc2[C@@H]2[C@@H](c3ccccn3)NC(=S)N2CCC(=O)Nc2ccccc2C)cc1. The second-order valence-corrected chi connectivity index (χ2v) is 9.32. The van der Waals surface area contributed by atoms with Gasteiger partial charge in [-0.05, 0) is 79.3 Å². The van der Waals surface area contributed by atoms with Crippen LogP contribution in [0.15, 0.2) is 91.3 Å². The van der Waals surface area contributed by atoms with Crippen LogP contribution in [0.2, 0.25) is 0 Å². The van der Waals surface area contributed by atoms with Gasteiger partial charge in [-0.3, -0.25) is 9.78 Å². The maximum absolute atomic E-state index is 12.9. The van der Waals surface area contributed by atoms with Gasteiger partial charge in [0, 0.05) is 42.4 Å². The summed E-state index contributed by atoms with van der Waals surface area (Å²) in [5.74, 6) is 0.747. The summed E-state index contributed by atoms with van der Waals surface area (Å²) in [6.45, 7) is 2.45. The largest absolute Gasteiger partial charge is 0.497 e. The Morgan fingerprint density at radius 2 is 1.84 bits per heavy atom. The molecule has 1 amide bonds. The van der Waals surface area contributed by atoms with Crippen molar-refractivity contribution in [2.45, 2.75) is 25.4 Å². The molecule has 1 aliphatic heterocycles. The molecule has 2 atom stereocenters. The molecule has 3 heterocycles. The summed E-state index contributed by atoms with van der Waals surface area (Å²) in [5, 5.41) is 7.10. The van der Waals surface area contributed by atoms with Crippen molar-refractivity contribution >= 4 is 28.9 Å². The van der Waals surface area contributed by atoms with E-state index < -0.39 is 0 Å². The first-order valence-electron chi connectivity index (χ1n) is 12.2. The van der Waals surface area contributed by atoms with Crippen LogP contribution in [-0.2, 0) is 4.79 Å². The van der Waals surface area contributed by atoms with Gasteiger partial charge in [0.2, 0.25) is 5.91 Å². The number of methoxy groups -OCH3 is 1. The number of hydrogen-bond donors (Lipinski definition) is 2. The average Bonchev–Trinajstić information content (AvgIpc) is 3.53. The van der Waals surface area contributed by atoms with Gasteiger partial charge >= 0.3 is 0 Å². The van der Waals surface area contributed by atoms with Crippen molar-refractivity contribution in [1.29, 1.82) is 0 Å². The Labute approximate surface area is 222 Å². The van der Waals surface area contributed by atoms with Crippen LogP contribution >= 0.6 is 12.2 Å². The number of aryl methyl sites for hydroxylation is 1. The van der Waals surface area contributed by atoms with E-state index in [0.29, 0.717) is 18.1 Å². The van der Waals surface area contributed by atoms with Crippen molar-refractivity contribution in [2.24, 2.45) is 0 Å². The molecule has 0 radical (unpaired) electrons. The molecule has 4 aromatic rings. The third-order valence-corrected chi connectivity index (χ3v) is 6.98. The van der Waals surface area contributed by atoms with Crippen LogP contribution in [0.1, 0.15) is 35.5 Å². The predicted molar refractivity (Wildman–Crippen MR) is 149 cm³/mol. The number of hydrogen-bond acceptors (Lipinski definition) is 4. The zero-order chi connectivity index (χ0) is 25.8. The number of nitrogens with zero attached hydrogens (tertiary/aromatic N) is 3. The second-order valence-electron chi connectivity index (χ2n) is 8.93. The third-order valence-electron chi connectivity index (χ3n) is 6.63. The van der Waals surface area contributed by atoms with Crippen molar-refractivity contribution < 1.29 is 9.53 Å². The van der Waals surface area contributed by atoms with Crippen LogP contribution in [0.4, 0.5) is 5.69 Å². The van der Waals surface area contributed by atoms with Gasteiger partial charge in [-0.1, -0.05) is 24.3 Å². The zero-order valence-electron chi connectivity index (χ0n) is 20.8. The topological polar surface area (TPSA) is 71.4 Å². The molecule has 0 spiro atoms. The highest BCUT2D eigenvalue weighted by Gasteiger charge is 2.41. The summed E-state index contributed by atoms with van der Waals surface area (Å²) in [6, 6.07) is 25.4. The minimum Gasteiger partial charge on any atom is -0.497 e. The Morgan fingerprint density at radius 1 is 1.05 bits per heavy atom. The van der Waals surface area contributed by atoms with E-state index in [4.69, 9.17) is 17.0 Å². The van der Waals surface area contributed by atoms with Crippen molar-refractivity contribution in [2.75, 3.05) is 19.0 Å². The quantitative estimate of drug-likeness (QED) is 0.317. The standard InChI is InChI=1S/C29H29N5O2S/c1-20-8-3-4-9-23(20)31-26(35)16-19-34-28(27(32-29(34)37)24-10-5-6-17-30-24)25-11-7-18-33(25)21-12-14-22(36-2)15-13-21/h3-15,17-18,27-28H,16,19H2,1-2H3,(H,31,35)(H,32,37)/t27-,28-/m1/s1. The van der Waals surface area contributed by atoms with E-state index in [2.05, 4.69) is 31.2 Å². The molecule has 1 aliphatic rings. The van der Waals surface area contributed by atoms with Gasteiger partial charge in [-0.15, -0.1) is 0 Å². The lowest BCUT2D eigenvalue weighted by Gasteiger charge is -2.29. The van der Waals surface area contributed by atoms with E-state index in [0.717, 1.165) is 34.1 Å². The van der Waals surface area contributed by atoms with Gasteiger partial charge in [0.15, 0.2) is 5.11 Å². The zero-order valence-corrected chi connectivity index (χ0v) is 21.6. The number of anilines is 1. The molecule has 0 unspecified atom stereocenters. The fourth-order valence-electron chi connectivity index (χ4n) is 4.73. The molecule has 2 aromatic carbocycles. The van der Waals surface area contributed by atoms with E-state index in [9.17, 15) is 4.79 Å². The molecule has 8 heteroatoms. The number of rotatable bonds is 8. The lowest BCUT2D eigenvalue weighted by Crippen LogP contribution is -2.33. The summed E-state index contributed by atoms with van der Waals surface area (Å²) >= 11 is 5.79. The number of benzene rings is 2. The fourth-order valence-corrected chi connectivity index (χ4v) is 5.06. The Morgan fingerprint density at radius 3 is 2.57 bits per heavy atom. The van der Waals surface area contributed by atoms with E-state index >= 15 is 0 Å². The van der Waals surface area contributed by atoms with Crippen LogP contribution in [0.3, 0.4) is 0 Å². The number of ether oxygens (including phenoxy) is 1. The Kier molecular flexibility index (Phi) is 7.18. The molecule has 0 aliphatic carbocycles. The number of carbonyl (C=O) groups excluding carboxylic acids is 1. The molecule has 2 N–H and O–H groups in total. The summed E-state index contributed by atoms with van der Waals surface area (Å²) in [6.07, 6.45) is 4.12. The summed E-state index contributed by atoms with van der Waals surface area (Å²) in [4.78, 5) is 19.6. The van der Waals surface area contributed by atoms with Gasteiger partial charge in [0.05, 0.1) is 24.9 Å². The number of para-hydroxylation sites is 1. The minimum absolute atomic E-state index is 0.0531. The number of amides is 1. The highest BCUT2D eigenvalue weighted by molar-refractivity contribution is 7.80. The molecule has 0 bridgehead atoms. The number of aromatic nitrogens is 2. The Balaban J connectivity index is 1.44. The molecular formula is C29H29N5O2S. The monoisotopic (exact) mass is 511 g/mol. The van der Waals surface area contributed by atoms with Crippen molar-refractivity contribution in [1.82, 2.24) is 19.8 Å². The van der Waals surface area contributed by atoms with E-state index in [-0.39, 0.29) is 18.0 Å². The molecule has 188 valence electrons. The van der Waals surface area contributed by atoms with Gasteiger partial charge < -0.3 is 24.8 Å². The Hall–Kier alpha value is -4.17. The number of pyridine rings is 1. The lowest BCUT2D eigenvalue weighted by molar-refractivity contribution is -0.116.